The molecular formula is C21H22ClFN4O4S2. The Bertz CT molecular complexity index is 1280. The molecule has 0 atom stereocenters. The molecule has 0 bridgehead atoms. The van der Waals surface area contributed by atoms with Crippen molar-refractivity contribution in [3.63, 3.8) is 0 Å². The van der Waals surface area contributed by atoms with E-state index in [-0.39, 0.29) is 34.6 Å². The van der Waals surface area contributed by atoms with E-state index in [1.54, 1.807) is 13.0 Å². The number of anilines is 1. The summed E-state index contributed by atoms with van der Waals surface area (Å²) in [4.78, 5) is 18.3. The molecule has 0 spiro atoms. The largest absolute Gasteiger partial charge is 0.339 e. The van der Waals surface area contributed by atoms with Gasteiger partial charge in [-0.05, 0) is 44.0 Å². The van der Waals surface area contributed by atoms with Crippen LogP contribution in [0.25, 0.3) is 10.7 Å². The van der Waals surface area contributed by atoms with Crippen LogP contribution < -0.4 is 5.32 Å². The number of nitrogens with one attached hydrogen (secondary N) is 1. The molecule has 1 aliphatic heterocycles. The zero-order valence-corrected chi connectivity index (χ0v) is 20.4. The summed E-state index contributed by atoms with van der Waals surface area (Å²) in [6.45, 7) is 4.01. The summed E-state index contributed by atoms with van der Waals surface area (Å²) in [5.41, 5.74) is 0.0496. The Hall–Kier alpha value is -2.34. The van der Waals surface area contributed by atoms with Crippen molar-refractivity contribution in [2.75, 3.05) is 18.4 Å². The summed E-state index contributed by atoms with van der Waals surface area (Å²) in [5.74, 6) is -0.527. The molecule has 4 rings (SSSR count). The Labute approximate surface area is 199 Å². The fourth-order valence-corrected chi connectivity index (χ4v) is 6.77. The minimum atomic E-state index is -3.75. The number of hydrogen-bond acceptors (Lipinski definition) is 7. The molecule has 8 nitrogen and oxygen atoms in total. The van der Waals surface area contributed by atoms with Gasteiger partial charge in [-0.15, -0.1) is 11.3 Å². The van der Waals surface area contributed by atoms with E-state index < -0.39 is 21.8 Å². The van der Waals surface area contributed by atoms with Crippen molar-refractivity contribution >= 4 is 44.6 Å². The number of carbonyl (C=O) groups is 1. The second-order valence-corrected chi connectivity index (χ2v) is 11.3. The molecule has 3 heterocycles. The minimum Gasteiger partial charge on any atom is -0.339 e. The molecule has 176 valence electrons. The molecule has 12 heteroatoms. The smallest absolute Gasteiger partial charge is 0.244 e. The summed E-state index contributed by atoms with van der Waals surface area (Å²) < 4.78 is 47.0. The molecule has 33 heavy (non-hydrogen) atoms. The molecule has 3 aromatic rings. The molecule has 1 amide bonds. The number of aryl methyl sites for hydroxylation is 2. The van der Waals surface area contributed by atoms with Crippen molar-refractivity contribution in [2.45, 2.75) is 38.0 Å². The molecule has 1 fully saturated rings. The topological polar surface area (TPSA) is 105 Å². The van der Waals surface area contributed by atoms with E-state index in [1.807, 2.05) is 6.92 Å². The van der Waals surface area contributed by atoms with Gasteiger partial charge in [0, 0.05) is 35.3 Å². The number of halogens is 2. The lowest BCUT2D eigenvalue weighted by Gasteiger charge is -2.30. The molecule has 1 aliphatic rings. The summed E-state index contributed by atoms with van der Waals surface area (Å²) in [6, 6.07) is 5.59. The van der Waals surface area contributed by atoms with Gasteiger partial charge in [-0.3, -0.25) is 4.79 Å². The minimum absolute atomic E-state index is 0.0496. The molecule has 0 aliphatic carbocycles. The van der Waals surface area contributed by atoms with E-state index in [0.717, 1.165) is 6.07 Å². The molecule has 0 saturated carbocycles. The maximum Gasteiger partial charge on any atom is 0.244 e. The van der Waals surface area contributed by atoms with E-state index in [1.165, 1.54) is 27.8 Å². The molecule has 2 aromatic heterocycles. The maximum absolute atomic E-state index is 14.0. The first-order chi connectivity index (χ1) is 15.7. The second kappa shape index (κ2) is 9.49. The summed E-state index contributed by atoms with van der Waals surface area (Å²) in [6.07, 6.45) is 1.26. The van der Waals surface area contributed by atoms with Gasteiger partial charge in [-0.1, -0.05) is 23.7 Å². The van der Waals surface area contributed by atoms with E-state index in [0.29, 0.717) is 40.7 Å². The fraction of sp³-hybridized carbons (Fsp3) is 0.381. The number of sulfonamides is 1. The number of aromatic nitrogens is 2. The number of hydrogen-bond donors (Lipinski definition) is 1. The first-order valence-electron chi connectivity index (χ1n) is 10.4. The Morgan fingerprint density at radius 1 is 1.33 bits per heavy atom. The monoisotopic (exact) mass is 512 g/mol. The van der Waals surface area contributed by atoms with Crippen molar-refractivity contribution in [3.8, 4) is 10.7 Å². The van der Waals surface area contributed by atoms with Crippen LogP contribution in [-0.4, -0.2) is 41.9 Å². The summed E-state index contributed by atoms with van der Waals surface area (Å²) in [5, 5.41) is 6.72. The van der Waals surface area contributed by atoms with Crippen LogP contribution in [0, 0.1) is 18.7 Å². The number of benzene rings is 1. The zero-order chi connectivity index (χ0) is 23.8. The van der Waals surface area contributed by atoms with Crippen LogP contribution in [0.15, 0.2) is 33.7 Å². The lowest BCUT2D eigenvalue weighted by molar-refractivity contribution is -0.120. The van der Waals surface area contributed by atoms with Crippen LogP contribution >= 0.6 is 22.9 Å². The lowest BCUT2D eigenvalue weighted by Crippen LogP contribution is -2.41. The van der Waals surface area contributed by atoms with Crippen LogP contribution in [0.1, 0.15) is 30.5 Å². The van der Waals surface area contributed by atoms with E-state index in [2.05, 4.69) is 15.5 Å². The number of piperidine rings is 1. The van der Waals surface area contributed by atoms with Gasteiger partial charge < -0.3 is 9.84 Å². The standard InChI is InChI=1S/C21H22ClFN4O4S2/c1-3-19-25-20(26-31-19)17-11-18(12(2)32-17)33(29,30)27-8-6-13(7-9-27)21(28)24-16-5-4-14(22)10-15(16)23/h4-5,10-11,13H,3,6-9H2,1-2H3,(H,24,28). The Kier molecular flexibility index (Phi) is 6.85. The van der Waals surface area contributed by atoms with Crippen LogP contribution in [0.3, 0.4) is 0 Å². The lowest BCUT2D eigenvalue weighted by atomic mass is 9.97. The maximum atomic E-state index is 14.0. The van der Waals surface area contributed by atoms with Crippen LogP contribution in [-0.2, 0) is 21.2 Å². The van der Waals surface area contributed by atoms with E-state index >= 15 is 0 Å². The molecule has 0 radical (unpaired) electrons. The van der Waals surface area contributed by atoms with Gasteiger partial charge in [0.1, 0.15) is 5.82 Å². The zero-order valence-electron chi connectivity index (χ0n) is 18.0. The van der Waals surface area contributed by atoms with Gasteiger partial charge in [-0.2, -0.15) is 9.29 Å². The highest BCUT2D eigenvalue weighted by molar-refractivity contribution is 7.89. The van der Waals surface area contributed by atoms with Gasteiger partial charge in [-0.25, -0.2) is 12.8 Å². The third-order valence-electron chi connectivity index (χ3n) is 5.49. The molecule has 0 unspecified atom stereocenters. The summed E-state index contributed by atoms with van der Waals surface area (Å²) in [7, 11) is -3.75. The van der Waals surface area contributed by atoms with Crippen molar-refractivity contribution in [2.24, 2.45) is 5.92 Å². The average molecular weight is 513 g/mol. The Morgan fingerprint density at radius 2 is 2.06 bits per heavy atom. The van der Waals surface area contributed by atoms with Crippen molar-refractivity contribution in [1.82, 2.24) is 14.4 Å². The number of nitrogens with zero attached hydrogens (tertiary/aromatic N) is 3. The van der Waals surface area contributed by atoms with Crippen molar-refractivity contribution in [3.05, 3.63) is 45.9 Å². The quantitative estimate of drug-likeness (QED) is 0.521. The van der Waals surface area contributed by atoms with Gasteiger partial charge in [0.15, 0.2) is 0 Å². The first kappa shape index (κ1) is 23.8. The van der Waals surface area contributed by atoms with Gasteiger partial charge in [0.05, 0.1) is 15.5 Å². The van der Waals surface area contributed by atoms with Gasteiger partial charge in [0.25, 0.3) is 0 Å². The molecule has 1 aromatic carbocycles. The van der Waals surface area contributed by atoms with Gasteiger partial charge in [0.2, 0.25) is 27.6 Å². The second-order valence-electron chi connectivity index (χ2n) is 7.69. The predicted molar refractivity (Wildman–Crippen MR) is 123 cm³/mol. The van der Waals surface area contributed by atoms with Crippen LogP contribution in [0.4, 0.5) is 10.1 Å². The highest BCUT2D eigenvalue weighted by Crippen LogP contribution is 2.35. The summed E-state index contributed by atoms with van der Waals surface area (Å²) >= 11 is 7.03. The highest BCUT2D eigenvalue weighted by Gasteiger charge is 2.34. The van der Waals surface area contributed by atoms with Gasteiger partial charge >= 0.3 is 0 Å². The predicted octanol–water partition coefficient (Wildman–Crippen LogP) is 4.50. The number of rotatable bonds is 6. The Balaban J connectivity index is 1.43. The number of amides is 1. The third kappa shape index (κ3) is 4.96. The van der Waals surface area contributed by atoms with E-state index in [9.17, 15) is 17.6 Å². The van der Waals surface area contributed by atoms with Crippen LogP contribution in [0.2, 0.25) is 5.02 Å². The van der Waals surface area contributed by atoms with Crippen molar-refractivity contribution in [1.29, 1.82) is 0 Å². The molecule has 1 saturated heterocycles. The first-order valence-corrected chi connectivity index (χ1v) is 13.0. The molecular weight excluding hydrogens is 491 g/mol. The fourth-order valence-electron chi connectivity index (χ4n) is 3.65. The molecule has 1 N–H and O–H groups in total. The number of thiophene rings is 1. The SMILES string of the molecule is CCc1nc(-c2cc(S(=O)(=O)N3CCC(C(=O)Nc4ccc(Cl)cc4F)CC3)c(C)s2)no1. The van der Waals surface area contributed by atoms with Crippen LogP contribution in [0.5, 0.6) is 0 Å². The van der Waals surface area contributed by atoms with Crippen molar-refractivity contribution < 1.29 is 22.1 Å². The normalized spacial score (nSPS) is 15.6. The van der Waals surface area contributed by atoms with E-state index in [4.69, 9.17) is 16.1 Å². The Morgan fingerprint density at radius 3 is 2.70 bits per heavy atom. The average Bonchev–Trinajstić information content (AvgIpc) is 3.42. The number of carbonyl (C=O) groups excluding carboxylic acids is 1. The third-order valence-corrected chi connectivity index (χ3v) is 8.93. The highest BCUT2D eigenvalue weighted by atomic mass is 35.5.